The Hall–Kier alpha value is -1.38. The van der Waals surface area contributed by atoms with Crippen LogP contribution in [0, 0.1) is 0 Å². The first-order chi connectivity index (χ1) is 7.12. The fourth-order valence-electron chi connectivity index (χ4n) is 1.75. The van der Waals surface area contributed by atoms with Crippen LogP contribution in [0.1, 0.15) is 20.3 Å². The van der Waals surface area contributed by atoms with E-state index >= 15 is 0 Å². The van der Waals surface area contributed by atoms with Gasteiger partial charge >= 0.3 is 0 Å². The van der Waals surface area contributed by atoms with Crippen molar-refractivity contribution in [1.82, 2.24) is 0 Å². The van der Waals surface area contributed by atoms with Gasteiger partial charge in [0.15, 0.2) is 11.5 Å². The Morgan fingerprint density at radius 2 is 2.20 bits per heavy atom. The van der Waals surface area contributed by atoms with Gasteiger partial charge in [0.05, 0.1) is 12.8 Å². The summed E-state index contributed by atoms with van der Waals surface area (Å²) in [7, 11) is 1.66. The average Bonchev–Trinajstić information content (AvgIpc) is 2.34. The van der Waals surface area contributed by atoms with Gasteiger partial charge in [-0.1, -0.05) is 6.07 Å². The van der Waals surface area contributed by atoms with Crippen LogP contribution in [0.3, 0.4) is 0 Å². The monoisotopic (exact) mass is 207 g/mol. The van der Waals surface area contributed by atoms with Crippen LogP contribution in [0.4, 0.5) is 5.69 Å². The van der Waals surface area contributed by atoms with Crippen LogP contribution in [0.25, 0.3) is 0 Å². The van der Waals surface area contributed by atoms with Crippen LogP contribution < -0.4 is 14.8 Å². The lowest BCUT2D eigenvalue weighted by Crippen LogP contribution is -2.28. The van der Waals surface area contributed by atoms with E-state index < -0.39 is 0 Å². The first-order valence-electron chi connectivity index (χ1n) is 5.22. The third-order valence-electron chi connectivity index (χ3n) is 2.62. The summed E-state index contributed by atoms with van der Waals surface area (Å²) in [6.45, 7) is 5.11. The van der Waals surface area contributed by atoms with Crippen LogP contribution >= 0.6 is 0 Å². The number of nitrogens with one attached hydrogen (secondary N) is 1. The van der Waals surface area contributed by atoms with E-state index in [1.165, 1.54) is 0 Å². The zero-order valence-corrected chi connectivity index (χ0v) is 9.46. The zero-order chi connectivity index (χ0) is 10.9. The summed E-state index contributed by atoms with van der Waals surface area (Å²) in [5.74, 6) is 1.61. The number of anilines is 1. The van der Waals surface area contributed by atoms with Crippen LogP contribution in [0.15, 0.2) is 18.2 Å². The van der Waals surface area contributed by atoms with Gasteiger partial charge in [-0.3, -0.25) is 0 Å². The summed E-state index contributed by atoms with van der Waals surface area (Å²) in [5.41, 5.74) is 0.868. The lowest BCUT2D eigenvalue weighted by molar-refractivity contribution is 0.104. The first kappa shape index (κ1) is 10.1. The molecule has 1 heterocycles. The molecule has 82 valence electrons. The molecule has 1 aromatic rings. The maximum atomic E-state index is 5.98. The van der Waals surface area contributed by atoms with Crippen molar-refractivity contribution in [3.8, 4) is 11.5 Å². The second kappa shape index (κ2) is 3.65. The molecule has 0 atom stereocenters. The number of hydrogen-bond donors (Lipinski definition) is 1. The van der Waals surface area contributed by atoms with Crippen molar-refractivity contribution < 1.29 is 9.47 Å². The SMILES string of the molecule is COc1cccc2c1OC(C)(C)CCN2. The number of rotatable bonds is 1. The number of ether oxygens (including phenoxy) is 2. The molecule has 0 saturated heterocycles. The summed E-state index contributed by atoms with van der Waals surface area (Å²) in [6.07, 6.45) is 0.977. The van der Waals surface area contributed by atoms with E-state index in [4.69, 9.17) is 9.47 Å². The Morgan fingerprint density at radius 1 is 1.40 bits per heavy atom. The lowest BCUT2D eigenvalue weighted by atomic mass is 10.1. The van der Waals surface area contributed by atoms with Gasteiger partial charge in [0.2, 0.25) is 0 Å². The summed E-state index contributed by atoms with van der Waals surface area (Å²) in [5, 5.41) is 3.35. The Balaban J connectivity index is 2.43. The summed E-state index contributed by atoms with van der Waals surface area (Å²) < 4.78 is 11.3. The first-order valence-corrected chi connectivity index (χ1v) is 5.22. The quantitative estimate of drug-likeness (QED) is 0.768. The highest BCUT2D eigenvalue weighted by molar-refractivity contribution is 5.63. The van der Waals surface area contributed by atoms with Crippen molar-refractivity contribution in [3.05, 3.63) is 18.2 Å². The van der Waals surface area contributed by atoms with E-state index in [1.54, 1.807) is 7.11 Å². The van der Waals surface area contributed by atoms with E-state index in [2.05, 4.69) is 19.2 Å². The van der Waals surface area contributed by atoms with Crippen molar-refractivity contribution in [3.63, 3.8) is 0 Å². The van der Waals surface area contributed by atoms with Gasteiger partial charge in [0, 0.05) is 13.0 Å². The molecule has 3 heteroatoms. The minimum atomic E-state index is -0.146. The van der Waals surface area contributed by atoms with E-state index in [0.29, 0.717) is 0 Å². The van der Waals surface area contributed by atoms with Gasteiger partial charge < -0.3 is 14.8 Å². The molecule has 0 spiro atoms. The van der Waals surface area contributed by atoms with Gasteiger partial charge in [-0.15, -0.1) is 0 Å². The minimum Gasteiger partial charge on any atom is -0.493 e. The average molecular weight is 207 g/mol. The van der Waals surface area contributed by atoms with Gasteiger partial charge in [-0.2, -0.15) is 0 Å². The molecule has 0 fully saturated rings. The number of hydrogen-bond acceptors (Lipinski definition) is 3. The highest BCUT2D eigenvalue weighted by Crippen LogP contribution is 2.39. The molecule has 0 saturated carbocycles. The second-order valence-electron chi connectivity index (χ2n) is 4.38. The minimum absolute atomic E-state index is 0.146. The summed E-state index contributed by atoms with van der Waals surface area (Å²) in [6, 6.07) is 5.90. The third kappa shape index (κ3) is 2.01. The summed E-state index contributed by atoms with van der Waals surface area (Å²) >= 11 is 0. The van der Waals surface area contributed by atoms with E-state index in [-0.39, 0.29) is 5.60 Å². The van der Waals surface area contributed by atoms with Crippen LogP contribution in [-0.4, -0.2) is 19.3 Å². The van der Waals surface area contributed by atoms with Gasteiger partial charge in [-0.05, 0) is 26.0 Å². The van der Waals surface area contributed by atoms with Crippen molar-refractivity contribution in [2.45, 2.75) is 25.9 Å². The number of fused-ring (bicyclic) bond motifs is 1. The standard InChI is InChI=1S/C12H17NO2/c1-12(2)7-8-13-9-5-4-6-10(14-3)11(9)15-12/h4-6,13H,7-8H2,1-3H3. The molecule has 2 rings (SSSR count). The normalized spacial score (nSPS) is 18.1. The Labute approximate surface area is 90.4 Å². The largest absolute Gasteiger partial charge is 0.493 e. The Bertz CT molecular complexity index is 361. The van der Waals surface area contributed by atoms with Crippen molar-refractivity contribution in [2.24, 2.45) is 0 Å². The maximum Gasteiger partial charge on any atom is 0.185 e. The molecular formula is C12H17NO2. The number of para-hydroxylation sites is 1. The lowest BCUT2D eigenvalue weighted by Gasteiger charge is -2.24. The molecule has 1 aliphatic heterocycles. The van der Waals surface area contributed by atoms with Crippen molar-refractivity contribution in [2.75, 3.05) is 19.0 Å². The topological polar surface area (TPSA) is 30.5 Å². The molecule has 1 aromatic carbocycles. The highest BCUT2D eigenvalue weighted by atomic mass is 16.5. The van der Waals surface area contributed by atoms with E-state index in [1.807, 2.05) is 18.2 Å². The van der Waals surface area contributed by atoms with Crippen LogP contribution in [0.5, 0.6) is 11.5 Å². The summed E-state index contributed by atoms with van der Waals surface area (Å²) in [4.78, 5) is 0. The molecule has 3 nitrogen and oxygen atoms in total. The smallest absolute Gasteiger partial charge is 0.185 e. The fraction of sp³-hybridized carbons (Fsp3) is 0.500. The number of methoxy groups -OCH3 is 1. The molecule has 0 bridgehead atoms. The fourth-order valence-corrected chi connectivity index (χ4v) is 1.75. The van der Waals surface area contributed by atoms with Crippen molar-refractivity contribution >= 4 is 5.69 Å². The Morgan fingerprint density at radius 3 is 2.93 bits per heavy atom. The molecule has 0 aromatic heterocycles. The predicted octanol–water partition coefficient (Wildman–Crippen LogP) is 2.67. The third-order valence-corrected chi connectivity index (χ3v) is 2.62. The van der Waals surface area contributed by atoms with E-state index in [0.717, 1.165) is 30.2 Å². The Kier molecular flexibility index (Phi) is 2.47. The molecular weight excluding hydrogens is 190 g/mol. The van der Waals surface area contributed by atoms with Gasteiger partial charge in [0.25, 0.3) is 0 Å². The molecule has 0 amide bonds. The molecule has 15 heavy (non-hydrogen) atoms. The van der Waals surface area contributed by atoms with Crippen LogP contribution in [-0.2, 0) is 0 Å². The maximum absolute atomic E-state index is 5.98. The van der Waals surface area contributed by atoms with Crippen LogP contribution in [0.2, 0.25) is 0 Å². The molecule has 0 aliphatic carbocycles. The van der Waals surface area contributed by atoms with E-state index in [9.17, 15) is 0 Å². The van der Waals surface area contributed by atoms with Crippen molar-refractivity contribution in [1.29, 1.82) is 0 Å². The molecule has 1 aliphatic rings. The van der Waals surface area contributed by atoms with Gasteiger partial charge in [-0.25, -0.2) is 0 Å². The zero-order valence-electron chi connectivity index (χ0n) is 9.46. The molecule has 0 unspecified atom stereocenters. The highest BCUT2D eigenvalue weighted by Gasteiger charge is 2.26. The predicted molar refractivity (Wildman–Crippen MR) is 60.8 cm³/mol. The van der Waals surface area contributed by atoms with Gasteiger partial charge in [0.1, 0.15) is 5.60 Å². The molecule has 1 N–H and O–H groups in total. The molecule has 0 radical (unpaired) electrons. The second-order valence-corrected chi connectivity index (χ2v) is 4.38. The number of benzene rings is 1.